The monoisotopic (exact) mass is 441 g/mol. The van der Waals surface area contributed by atoms with Crippen LogP contribution in [0.4, 0.5) is 5.69 Å². The fourth-order valence-corrected chi connectivity index (χ4v) is 5.02. The summed E-state index contributed by atoms with van der Waals surface area (Å²) in [5, 5.41) is 21.9. The van der Waals surface area contributed by atoms with Crippen molar-refractivity contribution < 1.29 is 15.0 Å². The van der Waals surface area contributed by atoms with Crippen LogP contribution in [0.25, 0.3) is 0 Å². The van der Waals surface area contributed by atoms with Gasteiger partial charge in [0.1, 0.15) is 6.04 Å². The molecule has 1 saturated carbocycles. The minimum absolute atomic E-state index is 0.00279. The van der Waals surface area contributed by atoms with Crippen molar-refractivity contribution in [3.63, 3.8) is 0 Å². The molecule has 2 N–H and O–H groups in total. The quantitative estimate of drug-likeness (QED) is 0.733. The SMILES string of the molecule is CC1C(=O)N(C[C@H](O)CN2CCC3(CC3)[C@H](O)C2)CCN1c1ccc(Cl)c(Cl)c1. The minimum Gasteiger partial charge on any atom is -0.391 e. The number of β-amino-alcohol motifs (C(OH)–C–C–N with tert-alkyl or cyclic N) is 2. The van der Waals surface area contributed by atoms with E-state index in [1.807, 2.05) is 17.9 Å². The van der Waals surface area contributed by atoms with Crippen LogP contribution < -0.4 is 4.90 Å². The molecule has 0 bridgehead atoms. The Hall–Kier alpha value is -1.05. The number of carbonyl (C=O) groups excluding carboxylic acids is 1. The number of amides is 1. The summed E-state index contributed by atoms with van der Waals surface area (Å²) in [5.74, 6) is -0.00279. The summed E-state index contributed by atoms with van der Waals surface area (Å²) >= 11 is 12.1. The van der Waals surface area contributed by atoms with Crippen molar-refractivity contribution in [2.45, 2.75) is 44.4 Å². The third-order valence-electron chi connectivity index (χ3n) is 6.84. The van der Waals surface area contributed by atoms with Gasteiger partial charge in [0.2, 0.25) is 5.91 Å². The smallest absolute Gasteiger partial charge is 0.245 e. The first-order valence-electron chi connectivity index (χ1n) is 10.4. The Morgan fingerprint density at radius 2 is 1.90 bits per heavy atom. The van der Waals surface area contributed by atoms with Gasteiger partial charge in [-0.25, -0.2) is 0 Å². The number of anilines is 1. The van der Waals surface area contributed by atoms with E-state index in [0.717, 1.165) is 31.5 Å². The topological polar surface area (TPSA) is 67.2 Å². The summed E-state index contributed by atoms with van der Waals surface area (Å²) in [7, 11) is 0. The van der Waals surface area contributed by atoms with Crippen molar-refractivity contribution in [2.75, 3.05) is 44.2 Å². The number of aliphatic hydroxyl groups is 2. The summed E-state index contributed by atoms with van der Waals surface area (Å²) in [5.41, 5.74) is 1.03. The molecule has 0 radical (unpaired) electrons. The molecule has 1 amide bonds. The highest BCUT2D eigenvalue weighted by Gasteiger charge is 2.51. The van der Waals surface area contributed by atoms with Crippen molar-refractivity contribution >= 4 is 34.8 Å². The zero-order valence-corrected chi connectivity index (χ0v) is 18.2. The summed E-state index contributed by atoms with van der Waals surface area (Å²) in [4.78, 5) is 18.8. The molecule has 160 valence electrons. The maximum absolute atomic E-state index is 12.9. The van der Waals surface area contributed by atoms with Crippen molar-refractivity contribution in [3.8, 4) is 0 Å². The summed E-state index contributed by atoms with van der Waals surface area (Å²) in [6.07, 6.45) is 2.34. The van der Waals surface area contributed by atoms with E-state index in [-0.39, 0.29) is 23.5 Å². The van der Waals surface area contributed by atoms with Gasteiger partial charge in [0.25, 0.3) is 0 Å². The van der Waals surface area contributed by atoms with Gasteiger partial charge in [-0.05, 0) is 56.3 Å². The number of halogens is 2. The second kappa shape index (κ2) is 8.23. The van der Waals surface area contributed by atoms with Crippen LogP contribution in [0.2, 0.25) is 10.0 Å². The maximum atomic E-state index is 12.9. The highest BCUT2D eigenvalue weighted by Crippen LogP contribution is 2.53. The molecule has 1 unspecified atom stereocenters. The first kappa shape index (κ1) is 21.2. The predicted octanol–water partition coefficient (Wildman–Crippen LogP) is 2.24. The van der Waals surface area contributed by atoms with Gasteiger partial charge in [-0.1, -0.05) is 23.2 Å². The van der Waals surface area contributed by atoms with Gasteiger partial charge in [-0.3, -0.25) is 9.69 Å². The average Bonchev–Trinajstić information content (AvgIpc) is 3.46. The van der Waals surface area contributed by atoms with E-state index in [1.165, 1.54) is 0 Å². The fraction of sp³-hybridized carbons (Fsp3) is 0.667. The number of piperidine rings is 1. The Kier molecular flexibility index (Phi) is 6.02. The molecule has 0 aromatic heterocycles. The van der Waals surface area contributed by atoms with E-state index >= 15 is 0 Å². The number of carbonyl (C=O) groups is 1. The number of likely N-dealkylation sites (tertiary alicyclic amines) is 1. The highest BCUT2D eigenvalue weighted by molar-refractivity contribution is 6.42. The van der Waals surface area contributed by atoms with E-state index in [2.05, 4.69) is 4.90 Å². The van der Waals surface area contributed by atoms with Crippen LogP contribution >= 0.6 is 23.2 Å². The molecular weight excluding hydrogens is 413 g/mol. The van der Waals surface area contributed by atoms with Gasteiger partial charge in [0, 0.05) is 38.4 Å². The van der Waals surface area contributed by atoms with Gasteiger partial charge in [0.15, 0.2) is 0 Å². The van der Waals surface area contributed by atoms with E-state index in [1.54, 1.807) is 17.0 Å². The number of rotatable bonds is 5. The number of benzene rings is 1. The zero-order valence-electron chi connectivity index (χ0n) is 16.7. The molecule has 4 rings (SSSR count). The van der Waals surface area contributed by atoms with Crippen LogP contribution in [-0.4, -0.2) is 83.4 Å². The molecule has 2 saturated heterocycles. The Balaban J connectivity index is 1.31. The molecule has 2 aliphatic heterocycles. The molecule has 29 heavy (non-hydrogen) atoms. The normalized spacial score (nSPS) is 28.1. The number of hydrogen-bond acceptors (Lipinski definition) is 5. The summed E-state index contributed by atoms with van der Waals surface area (Å²) in [6, 6.07) is 5.06. The van der Waals surface area contributed by atoms with E-state index in [4.69, 9.17) is 23.2 Å². The first-order valence-corrected chi connectivity index (χ1v) is 11.1. The average molecular weight is 442 g/mol. The Morgan fingerprint density at radius 1 is 1.14 bits per heavy atom. The Morgan fingerprint density at radius 3 is 2.55 bits per heavy atom. The zero-order chi connectivity index (χ0) is 20.8. The number of nitrogens with zero attached hydrogens (tertiary/aromatic N) is 3. The molecule has 8 heteroatoms. The third-order valence-corrected chi connectivity index (χ3v) is 7.58. The van der Waals surface area contributed by atoms with Crippen molar-refractivity contribution in [1.82, 2.24) is 9.80 Å². The van der Waals surface area contributed by atoms with Crippen molar-refractivity contribution in [2.24, 2.45) is 5.41 Å². The van der Waals surface area contributed by atoms with E-state index in [0.29, 0.717) is 42.8 Å². The molecule has 3 fully saturated rings. The standard InChI is InChI=1S/C21H29Cl2N3O3/c1-14-20(29)25(8-9-26(14)15-2-3-17(22)18(23)10-15)12-16(27)11-24-7-6-21(4-5-21)19(28)13-24/h2-3,10,14,16,19,27-28H,4-9,11-13H2,1H3/t14?,16-,19-/m1/s1. The lowest BCUT2D eigenvalue weighted by atomic mass is 9.90. The van der Waals surface area contributed by atoms with Crippen LogP contribution in [-0.2, 0) is 4.79 Å². The van der Waals surface area contributed by atoms with Gasteiger partial charge in [0.05, 0.1) is 22.3 Å². The molecule has 1 aliphatic carbocycles. The van der Waals surface area contributed by atoms with Gasteiger partial charge in [-0.2, -0.15) is 0 Å². The molecule has 6 nitrogen and oxygen atoms in total. The summed E-state index contributed by atoms with van der Waals surface area (Å²) < 4.78 is 0. The first-order chi connectivity index (χ1) is 13.8. The van der Waals surface area contributed by atoms with Crippen LogP contribution in [0.15, 0.2) is 18.2 Å². The van der Waals surface area contributed by atoms with Crippen LogP contribution in [0, 0.1) is 5.41 Å². The predicted molar refractivity (Wildman–Crippen MR) is 115 cm³/mol. The molecule has 1 aromatic rings. The van der Waals surface area contributed by atoms with Crippen molar-refractivity contribution in [1.29, 1.82) is 0 Å². The molecule has 2 heterocycles. The Bertz CT molecular complexity index is 774. The minimum atomic E-state index is -0.622. The fourth-order valence-electron chi connectivity index (χ4n) is 4.72. The Labute approximate surface area is 182 Å². The number of aliphatic hydroxyl groups excluding tert-OH is 2. The third kappa shape index (κ3) is 4.37. The lowest BCUT2D eigenvalue weighted by Crippen LogP contribution is -2.58. The molecular formula is C21H29Cl2N3O3. The van der Waals surface area contributed by atoms with Gasteiger partial charge >= 0.3 is 0 Å². The maximum Gasteiger partial charge on any atom is 0.245 e. The molecule has 3 atom stereocenters. The number of piperazine rings is 1. The highest BCUT2D eigenvalue weighted by atomic mass is 35.5. The van der Waals surface area contributed by atoms with E-state index < -0.39 is 6.10 Å². The van der Waals surface area contributed by atoms with Crippen molar-refractivity contribution in [3.05, 3.63) is 28.2 Å². The molecule has 3 aliphatic rings. The lowest BCUT2D eigenvalue weighted by Gasteiger charge is -2.42. The summed E-state index contributed by atoms with van der Waals surface area (Å²) in [6.45, 7) is 5.42. The van der Waals surface area contributed by atoms with E-state index in [9.17, 15) is 15.0 Å². The second-order valence-corrected chi connectivity index (χ2v) is 9.61. The molecule has 1 spiro atoms. The lowest BCUT2D eigenvalue weighted by molar-refractivity contribution is -0.135. The van der Waals surface area contributed by atoms with Crippen LogP contribution in [0.1, 0.15) is 26.2 Å². The van der Waals surface area contributed by atoms with Crippen LogP contribution in [0.5, 0.6) is 0 Å². The van der Waals surface area contributed by atoms with Gasteiger partial charge < -0.3 is 20.0 Å². The number of hydrogen-bond donors (Lipinski definition) is 2. The largest absolute Gasteiger partial charge is 0.391 e. The van der Waals surface area contributed by atoms with Gasteiger partial charge in [-0.15, -0.1) is 0 Å². The van der Waals surface area contributed by atoms with Crippen LogP contribution in [0.3, 0.4) is 0 Å². The molecule has 1 aromatic carbocycles. The second-order valence-electron chi connectivity index (χ2n) is 8.79.